The van der Waals surface area contributed by atoms with Crippen molar-refractivity contribution in [2.24, 2.45) is 0 Å². The number of likely N-dealkylation sites (N-methyl/N-ethyl adjacent to an activating group) is 1. The maximum Gasteiger partial charge on any atom is 0.282 e. The van der Waals surface area contributed by atoms with Gasteiger partial charge < -0.3 is 5.32 Å². The Labute approximate surface area is 123 Å². The van der Waals surface area contributed by atoms with Gasteiger partial charge in [0, 0.05) is 31.7 Å². The molecule has 0 bridgehead atoms. The third kappa shape index (κ3) is 3.35. The topological polar surface area (TPSA) is 52.7 Å². The lowest BCUT2D eigenvalue weighted by molar-refractivity contribution is 0.217. The smallest absolute Gasteiger partial charge is 0.282 e. The Bertz CT molecular complexity index is 391. The van der Waals surface area contributed by atoms with Crippen molar-refractivity contribution in [2.75, 3.05) is 26.7 Å². The molecule has 1 aliphatic carbocycles. The third-order valence-electron chi connectivity index (χ3n) is 4.65. The van der Waals surface area contributed by atoms with Crippen LogP contribution in [-0.4, -0.2) is 55.8 Å². The van der Waals surface area contributed by atoms with Gasteiger partial charge in [-0.2, -0.15) is 17.0 Å². The molecule has 1 unspecified atom stereocenters. The largest absolute Gasteiger partial charge is 0.318 e. The van der Waals surface area contributed by atoms with Crippen LogP contribution in [0.5, 0.6) is 0 Å². The first kappa shape index (κ1) is 16.2. The van der Waals surface area contributed by atoms with E-state index in [0.29, 0.717) is 13.1 Å². The molecule has 1 N–H and O–H groups in total. The molecule has 118 valence electrons. The fourth-order valence-corrected chi connectivity index (χ4v) is 5.75. The predicted molar refractivity (Wildman–Crippen MR) is 81.8 cm³/mol. The Balaban J connectivity index is 2.16. The third-order valence-corrected chi connectivity index (χ3v) is 6.87. The van der Waals surface area contributed by atoms with Gasteiger partial charge in [0.25, 0.3) is 10.2 Å². The predicted octanol–water partition coefficient (Wildman–Crippen LogP) is 1.57. The molecule has 5 nitrogen and oxygen atoms in total. The molecule has 1 aliphatic heterocycles. The van der Waals surface area contributed by atoms with E-state index < -0.39 is 10.2 Å². The number of hydrogen-bond acceptors (Lipinski definition) is 3. The molecule has 0 amide bonds. The highest BCUT2D eigenvalue weighted by atomic mass is 32.2. The molecule has 2 fully saturated rings. The monoisotopic (exact) mass is 303 g/mol. The van der Waals surface area contributed by atoms with E-state index in [0.717, 1.165) is 51.5 Å². The van der Waals surface area contributed by atoms with Gasteiger partial charge >= 0.3 is 0 Å². The van der Waals surface area contributed by atoms with Crippen LogP contribution in [0.2, 0.25) is 0 Å². The van der Waals surface area contributed by atoms with Gasteiger partial charge in [-0.25, -0.2) is 0 Å². The number of nitrogens with one attached hydrogen (secondary N) is 1. The summed E-state index contributed by atoms with van der Waals surface area (Å²) in [4.78, 5) is 0. The fourth-order valence-electron chi connectivity index (χ4n) is 3.65. The van der Waals surface area contributed by atoms with Crippen LogP contribution < -0.4 is 5.32 Å². The van der Waals surface area contributed by atoms with Crippen LogP contribution in [0.4, 0.5) is 0 Å². The lowest BCUT2D eigenvalue weighted by atomic mass is 10.1. The Morgan fingerprint density at radius 2 is 1.80 bits per heavy atom. The summed E-state index contributed by atoms with van der Waals surface area (Å²) in [6.07, 6.45) is 7.47. The summed E-state index contributed by atoms with van der Waals surface area (Å²) in [6, 6.07) is 0.344. The van der Waals surface area contributed by atoms with Gasteiger partial charge in [0.2, 0.25) is 0 Å². The highest BCUT2D eigenvalue weighted by Crippen LogP contribution is 2.29. The molecule has 1 saturated carbocycles. The Morgan fingerprint density at radius 3 is 2.40 bits per heavy atom. The van der Waals surface area contributed by atoms with E-state index in [1.807, 2.05) is 14.0 Å². The average molecular weight is 303 g/mol. The zero-order valence-electron chi connectivity index (χ0n) is 12.8. The van der Waals surface area contributed by atoms with Gasteiger partial charge in [-0.05, 0) is 32.7 Å². The van der Waals surface area contributed by atoms with Crippen LogP contribution in [0.25, 0.3) is 0 Å². The van der Waals surface area contributed by atoms with E-state index >= 15 is 0 Å². The molecule has 1 atom stereocenters. The molecule has 0 spiro atoms. The van der Waals surface area contributed by atoms with Crippen molar-refractivity contribution in [1.82, 2.24) is 13.9 Å². The van der Waals surface area contributed by atoms with Crippen LogP contribution in [0, 0.1) is 0 Å². The van der Waals surface area contributed by atoms with E-state index in [2.05, 4.69) is 5.32 Å². The molecule has 2 aliphatic rings. The van der Waals surface area contributed by atoms with Crippen molar-refractivity contribution in [1.29, 1.82) is 0 Å². The Hall–Kier alpha value is -0.170. The second kappa shape index (κ2) is 7.20. The Morgan fingerprint density at radius 1 is 1.15 bits per heavy atom. The van der Waals surface area contributed by atoms with Crippen LogP contribution in [0.1, 0.15) is 51.9 Å². The summed E-state index contributed by atoms with van der Waals surface area (Å²) in [7, 11) is -1.41. The molecule has 0 aromatic carbocycles. The minimum Gasteiger partial charge on any atom is -0.318 e. The molecule has 0 aromatic rings. The van der Waals surface area contributed by atoms with E-state index in [4.69, 9.17) is 0 Å². The van der Waals surface area contributed by atoms with Crippen molar-refractivity contribution in [3.63, 3.8) is 0 Å². The van der Waals surface area contributed by atoms with Gasteiger partial charge in [-0.1, -0.05) is 26.2 Å². The molecule has 2 rings (SSSR count). The number of piperidine rings is 1. The minimum atomic E-state index is -3.30. The summed E-state index contributed by atoms with van der Waals surface area (Å²) in [5.74, 6) is 0. The molecular weight excluding hydrogens is 274 g/mol. The summed E-state index contributed by atoms with van der Waals surface area (Å²) in [5, 5.41) is 3.14. The number of hydrogen-bond donors (Lipinski definition) is 1. The first-order valence-electron chi connectivity index (χ1n) is 8.04. The molecule has 6 heteroatoms. The second-order valence-corrected chi connectivity index (χ2v) is 7.80. The summed E-state index contributed by atoms with van der Waals surface area (Å²) >= 11 is 0. The summed E-state index contributed by atoms with van der Waals surface area (Å²) in [6.45, 7) is 3.99. The quantitative estimate of drug-likeness (QED) is 0.810. The maximum absolute atomic E-state index is 13.0. The summed E-state index contributed by atoms with van der Waals surface area (Å²) in [5.41, 5.74) is 0. The van der Waals surface area contributed by atoms with E-state index in [-0.39, 0.29) is 12.1 Å². The van der Waals surface area contributed by atoms with E-state index in [1.54, 1.807) is 8.61 Å². The number of rotatable bonds is 6. The lowest BCUT2D eigenvalue weighted by Gasteiger charge is -2.39. The van der Waals surface area contributed by atoms with Gasteiger partial charge in [0.1, 0.15) is 0 Å². The van der Waals surface area contributed by atoms with Crippen molar-refractivity contribution < 1.29 is 8.42 Å². The Kier molecular flexibility index (Phi) is 5.84. The highest BCUT2D eigenvalue weighted by Gasteiger charge is 2.39. The van der Waals surface area contributed by atoms with Crippen molar-refractivity contribution in [3.05, 3.63) is 0 Å². The van der Waals surface area contributed by atoms with Crippen molar-refractivity contribution in [3.8, 4) is 0 Å². The molecule has 1 saturated heterocycles. The van der Waals surface area contributed by atoms with Gasteiger partial charge in [-0.3, -0.25) is 0 Å². The van der Waals surface area contributed by atoms with Gasteiger partial charge in [0.15, 0.2) is 0 Å². The van der Waals surface area contributed by atoms with E-state index in [9.17, 15) is 8.42 Å². The highest BCUT2D eigenvalue weighted by molar-refractivity contribution is 7.86. The summed E-state index contributed by atoms with van der Waals surface area (Å²) < 4.78 is 29.5. The van der Waals surface area contributed by atoms with Gasteiger partial charge in [0.05, 0.1) is 0 Å². The molecule has 1 heterocycles. The van der Waals surface area contributed by atoms with Crippen LogP contribution in [0.15, 0.2) is 0 Å². The lowest BCUT2D eigenvalue weighted by Crippen LogP contribution is -2.55. The second-order valence-electron chi connectivity index (χ2n) is 5.97. The molecule has 0 radical (unpaired) electrons. The zero-order valence-corrected chi connectivity index (χ0v) is 13.7. The van der Waals surface area contributed by atoms with Crippen molar-refractivity contribution >= 4 is 10.2 Å². The van der Waals surface area contributed by atoms with Crippen LogP contribution in [0.3, 0.4) is 0 Å². The first-order chi connectivity index (χ1) is 9.61. The SMILES string of the molecule is CCN(C1CCCC1)S(=O)(=O)N1CCCCC1CNC. The first-order valence-corrected chi connectivity index (χ1v) is 9.44. The van der Waals surface area contributed by atoms with Crippen molar-refractivity contribution in [2.45, 2.75) is 64.0 Å². The standard InChI is InChI=1S/C14H29N3O2S/c1-3-16(13-8-4-5-9-13)20(18,19)17-11-7-6-10-14(17)12-15-2/h13-15H,3-12H2,1-2H3. The minimum absolute atomic E-state index is 0.120. The molecule has 20 heavy (non-hydrogen) atoms. The normalized spacial score (nSPS) is 26.4. The van der Waals surface area contributed by atoms with E-state index in [1.165, 1.54) is 0 Å². The van der Waals surface area contributed by atoms with Crippen LogP contribution in [-0.2, 0) is 10.2 Å². The van der Waals surface area contributed by atoms with Gasteiger partial charge in [-0.15, -0.1) is 0 Å². The molecular formula is C14H29N3O2S. The maximum atomic E-state index is 13.0. The molecule has 0 aromatic heterocycles. The number of nitrogens with zero attached hydrogens (tertiary/aromatic N) is 2. The van der Waals surface area contributed by atoms with Crippen LogP contribution >= 0.6 is 0 Å². The zero-order chi connectivity index (χ0) is 14.6. The average Bonchev–Trinajstić information content (AvgIpc) is 2.94. The fraction of sp³-hybridized carbons (Fsp3) is 1.00.